The van der Waals surface area contributed by atoms with Gasteiger partial charge < -0.3 is 20.1 Å². The minimum atomic E-state index is -0.319. The topological polar surface area (TPSA) is 72.5 Å². The smallest absolute Gasteiger partial charge is 0.237 e. The van der Waals surface area contributed by atoms with Crippen LogP contribution in [0.5, 0.6) is 11.6 Å². The Balaban J connectivity index is 0.00000182. The maximum absolute atomic E-state index is 12.9. The number of nitrogens with zero attached hydrogens (tertiary/aromatic N) is 1. The highest BCUT2D eigenvalue weighted by atomic mass is 35.5. The zero-order valence-electron chi connectivity index (χ0n) is 14.7. The fraction of sp³-hybridized carbons (Fsp3) is 0.333. The van der Waals surface area contributed by atoms with Crippen LogP contribution in [0.25, 0.3) is 0 Å². The van der Waals surface area contributed by atoms with Crippen molar-refractivity contribution in [3.8, 4) is 11.6 Å². The van der Waals surface area contributed by atoms with E-state index in [1.165, 1.54) is 24.3 Å². The monoisotopic (exact) mass is 417 g/mol. The fourth-order valence-electron chi connectivity index (χ4n) is 2.59. The zero-order chi connectivity index (χ0) is 17.6. The zero-order valence-corrected chi connectivity index (χ0v) is 16.3. The number of hydrogen-bond donors (Lipinski definition) is 2. The van der Waals surface area contributed by atoms with E-state index in [1.54, 1.807) is 19.4 Å². The largest absolute Gasteiger partial charge is 0.439 e. The molecule has 3 rings (SSSR count). The van der Waals surface area contributed by atoms with Gasteiger partial charge in [0.25, 0.3) is 0 Å². The van der Waals surface area contributed by atoms with Crippen molar-refractivity contribution in [2.45, 2.75) is 25.1 Å². The predicted octanol–water partition coefficient (Wildman–Crippen LogP) is 2.85. The summed E-state index contributed by atoms with van der Waals surface area (Å²) in [5, 5.41) is 6.02. The van der Waals surface area contributed by atoms with Gasteiger partial charge in [0.15, 0.2) is 0 Å². The Labute approximate surface area is 169 Å². The summed E-state index contributed by atoms with van der Waals surface area (Å²) >= 11 is 0. The van der Waals surface area contributed by atoms with E-state index in [0.29, 0.717) is 31.1 Å². The first kappa shape index (κ1) is 23.1. The molecular formula is C18H22Cl2FN3O3. The summed E-state index contributed by atoms with van der Waals surface area (Å²) in [6, 6.07) is 9.03. The van der Waals surface area contributed by atoms with E-state index in [-0.39, 0.29) is 48.7 Å². The van der Waals surface area contributed by atoms with Crippen molar-refractivity contribution in [3.05, 3.63) is 54.0 Å². The lowest BCUT2D eigenvalue weighted by Crippen LogP contribution is -2.40. The summed E-state index contributed by atoms with van der Waals surface area (Å²) in [7, 11) is 1.65. The van der Waals surface area contributed by atoms with E-state index in [2.05, 4.69) is 15.6 Å². The van der Waals surface area contributed by atoms with Crippen LogP contribution in [0.1, 0.15) is 12.0 Å². The van der Waals surface area contributed by atoms with Crippen molar-refractivity contribution in [1.82, 2.24) is 15.6 Å². The van der Waals surface area contributed by atoms with E-state index in [1.807, 2.05) is 6.07 Å². The van der Waals surface area contributed by atoms with Gasteiger partial charge in [-0.05, 0) is 36.2 Å². The molecule has 2 heterocycles. The number of amides is 1. The van der Waals surface area contributed by atoms with Crippen molar-refractivity contribution < 1.29 is 18.7 Å². The lowest BCUT2D eigenvalue weighted by Gasteiger charge is -2.11. The minimum Gasteiger partial charge on any atom is -0.439 e. The normalized spacial score (nSPS) is 18.1. The lowest BCUT2D eigenvalue weighted by molar-refractivity contribution is -0.123. The van der Waals surface area contributed by atoms with E-state index < -0.39 is 0 Å². The van der Waals surface area contributed by atoms with Gasteiger partial charge in [-0.3, -0.25) is 4.79 Å². The Hall–Kier alpha value is -1.93. The molecule has 27 heavy (non-hydrogen) atoms. The predicted molar refractivity (Wildman–Crippen MR) is 104 cm³/mol. The average Bonchev–Trinajstić information content (AvgIpc) is 3.12. The summed E-state index contributed by atoms with van der Waals surface area (Å²) in [6.45, 7) is 1.07. The van der Waals surface area contributed by atoms with Gasteiger partial charge in [0.2, 0.25) is 11.8 Å². The highest BCUT2D eigenvalue weighted by Gasteiger charge is 2.28. The van der Waals surface area contributed by atoms with Gasteiger partial charge >= 0.3 is 0 Å². The molecule has 0 spiro atoms. The van der Waals surface area contributed by atoms with Gasteiger partial charge in [-0.1, -0.05) is 6.07 Å². The Morgan fingerprint density at radius 3 is 2.59 bits per heavy atom. The fourth-order valence-corrected chi connectivity index (χ4v) is 2.59. The molecule has 1 aromatic carbocycles. The summed E-state index contributed by atoms with van der Waals surface area (Å²) < 4.78 is 23.6. The van der Waals surface area contributed by atoms with Crippen LogP contribution < -0.4 is 15.4 Å². The third kappa shape index (κ3) is 6.62. The molecule has 1 fully saturated rings. The van der Waals surface area contributed by atoms with E-state index in [0.717, 1.165) is 5.56 Å². The first-order valence-electron chi connectivity index (χ1n) is 8.06. The van der Waals surface area contributed by atoms with Crippen molar-refractivity contribution in [1.29, 1.82) is 0 Å². The van der Waals surface area contributed by atoms with Gasteiger partial charge in [-0.25, -0.2) is 9.37 Å². The third-order valence-corrected chi connectivity index (χ3v) is 4.04. The highest BCUT2D eigenvalue weighted by Crippen LogP contribution is 2.19. The van der Waals surface area contributed by atoms with Crippen LogP contribution >= 0.6 is 24.8 Å². The maximum Gasteiger partial charge on any atom is 0.237 e. The molecule has 1 aliphatic rings. The molecule has 0 unspecified atom stereocenters. The SMILES string of the molecule is CO[C@@H]1CN[C@H](C(=O)NCc2ccc(Oc3ccc(F)cc3)nc2)C1.Cl.Cl. The van der Waals surface area contributed by atoms with Crippen molar-refractivity contribution in [3.63, 3.8) is 0 Å². The number of benzene rings is 1. The summed E-state index contributed by atoms with van der Waals surface area (Å²) in [4.78, 5) is 16.3. The number of nitrogens with one attached hydrogen (secondary N) is 2. The Morgan fingerprint density at radius 2 is 2.00 bits per heavy atom. The van der Waals surface area contributed by atoms with E-state index >= 15 is 0 Å². The number of carbonyl (C=O) groups is 1. The van der Waals surface area contributed by atoms with Crippen molar-refractivity contribution in [2.24, 2.45) is 0 Å². The van der Waals surface area contributed by atoms with Crippen LogP contribution in [0.15, 0.2) is 42.6 Å². The molecule has 0 saturated carbocycles. The van der Waals surface area contributed by atoms with Crippen LogP contribution in [0.4, 0.5) is 4.39 Å². The minimum absolute atomic E-state index is 0. The average molecular weight is 418 g/mol. The highest BCUT2D eigenvalue weighted by molar-refractivity contribution is 5.85. The van der Waals surface area contributed by atoms with Gasteiger partial charge in [0.05, 0.1) is 12.1 Å². The molecule has 0 bridgehead atoms. The van der Waals surface area contributed by atoms with Crippen LogP contribution in [0.2, 0.25) is 0 Å². The number of rotatable bonds is 6. The summed E-state index contributed by atoms with van der Waals surface area (Å²) in [5.74, 6) is 0.545. The quantitative estimate of drug-likeness (QED) is 0.755. The third-order valence-electron chi connectivity index (χ3n) is 4.04. The number of hydrogen-bond acceptors (Lipinski definition) is 5. The number of ether oxygens (including phenoxy) is 2. The Bertz CT molecular complexity index is 717. The molecule has 1 aliphatic heterocycles. The molecule has 1 amide bonds. The molecular weight excluding hydrogens is 396 g/mol. The van der Waals surface area contributed by atoms with E-state index in [4.69, 9.17) is 9.47 Å². The van der Waals surface area contributed by atoms with Crippen molar-refractivity contribution in [2.75, 3.05) is 13.7 Å². The maximum atomic E-state index is 12.9. The molecule has 2 N–H and O–H groups in total. The number of halogens is 3. The second kappa shape index (κ2) is 11.0. The summed E-state index contributed by atoms with van der Waals surface area (Å²) in [5.41, 5.74) is 0.862. The standard InChI is InChI=1S/C18H20FN3O3.2ClH/c1-24-15-8-16(20-11-15)18(23)22-10-12-2-7-17(21-9-12)25-14-5-3-13(19)4-6-14;;/h2-7,9,15-16,20H,8,10-11H2,1H3,(H,22,23);2*1H/t15-,16-;;/m0../s1. The van der Waals surface area contributed by atoms with Gasteiger partial charge in [0, 0.05) is 32.5 Å². The Morgan fingerprint density at radius 1 is 1.26 bits per heavy atom. The molecule has 0 aliphatic carbocycles. The van der Waals surface area contributed by atoms with Crippen LogP contribution in [0, 0.1) is 5.82 Å². The number of aromatic nitrogens is 1. The van der Waals surface area contributed by atoms with Gasteiger partial charge in [-0.2, -0.15) is 0 Å². The molecule has 6 nitrogen and oxygen atoms in total. The second-order valence-corrected chi connectivity index (χ2v) is 5.83. The van der Waals surface area contributed by atoms with E-state index in [9.17, 15) is 9.18 Å². The molecule has 2 aromatic rings. The molecule has 1 aromatic heterocycles. The summed E-state index contributed by atoms with van der Waals surface area (Å²) in [6.07, 6.45) is 2.39. The van der Waals surface area contributed by atoms with Crippen LogP contribution in [0.3, 0.4) is 0 Å². The second-order valence-electron chi connectivity index (χ2n) is 5.83. The first-order valence-corrected chi connectivity index (χ1v) is 8.06. The van der Waals surface area contributed by atoms with Gasteiger partial charge in [-0.15, -0.1) is 24.8 Å². The molecule has 0 radical (unpaired) electrons. The van der Waals surface area contributed by atoms with Crippen molar-refractivity contribution >= 4 is 30.7 Å². The van der Waals surface area contributed by atoms with Crippen LogP contribution in [-0.4, -0.2) is 36.7 Å². The van der Waals surface area contributed by atoms with Gasteiger partial charge in [0.1, 0.15) is 11.6 Å². The number of pyridine rings is 1. The Kier molecular flexibility index (Phi) is 9.45. The molecule has 1 saturated heterocycles. The molecule has 148 valence electrons. The molecule has 2 atom stereocenters. The number of methoxy groups -OCH3 is 1. The lowest BCUT2D eigenvalue weighted by atomic mass is 10.2. The van der Waals surface area contributed by atoms with Crippen LogP contribution in [-0.2, 0) is 16.1 Å². The number of carbonyl (C=O) groups excluding carboxylic acids is 1. The molecule has 9 heteroatoms. The first-order chi connectivity index (χ1) is 12.1.